The maximum Gasteiger partial charge on any atom is 0.220 e. The molecule has 5 heteroatoms. The minimum atomic E-state index is -0.378. The van der Waals surface area contributed by atoms with E-state index in [1.54, 1.807) is 18.3 Å². The van der Waals surface area contributed by atoms with E-state index in [-0.39, 0.29) is 17.8 Å². The van der Waals surface area contributed by atoms with E-state index in [4.69, 9.17) is 4.74 Å². The summed E-state index contributed by atoms with van der Waals surface area (Å²) in [6.45, 7) is 1.57. The zero-order valence-electron chi connectivity index (χ0n) is 14.2. The Morgan fingerprint density at radius 3 is 2.80 bits per heavy atom. The molecule has 25 heavy (non-hydrogen) atoms. The Morgan fingerprint density at radius 1 is 1.28 bits per heavy atom. The molecule has 1 aliphatic rings. The van der Waals surface area contributed by atoms with E-state index < -0.39 is 0 Å². The van der Waals surface area contributed by atoms with Crippen LogP contribution in [0.4, 0.5) is 4.39 Å². The molecule has 1 aromatic carbocycles. The minimum absolute atomic E-state index is 0.0226. The number of carbonyl (C=O) groups is 1. The van der Waals surface area contributed by atoms with Crippen LogP contribution in [-0.4, -0.2) is 24.1 Å². The molecule has 0 radical (unpaired) electrons. The summed E-state index contributed by atoms with van der Waals surface area (Å²) < 4.78 is 18.7. The molecule has 2 heterocycles. The van der Waals surface area contributed by atoms with Gasteiger partial charge in [0.15, 0.2) is 0 Å². The second-order valence-electron chi connectivity index (χ2n) is 6.43. The largest absolute Gasteiger partial charge is 0.381 e. The smallest absolute Gasteiger partial charge is 0.220 e. The van der Waals surface area contributed by atoms with Gasteiger partial charge in [0.1, 0.15) is 5.82 Å². The third kappa shape index (κ3) is 5.10. The summed E-state index contributed by atoms with van der Waals surface area (Å²) >= 11 is 0. The molecule has 1 saturated heterocycles. The van der Waals surface area contributed by atoms with Crippen molar-refractivity contribution in [3.63, 3.8) is 0 Å². The van der Waals surface area contributed by atoms with Gasteiger partial charge in [-0.15, -0.1) is 0 Å². The number of carbonyl (C=O) groups excluding carboxylic acids is 1. The van der Waals surface area contributed by atoms with E-state index in [1.165, 1.54) is 12.1 Å². The maximum absolute atomic E-state index is 13.2. The summed E-state index contributed by atoms with van der Waals surface area (Å²) in [6.07, 6.45) is 5.16. The Balaban J connectivity index is 1.66. The van der Waals surface area contributed by atoms with Crippen molar-refractivity contribution < 1.29 is 13.9 Å². The fourth-order valence-corrected chi connectivity index (χ4v) is 3.13. The SMILES string of the molecule is O=C(CC[C@H]1CCCOC1)N[C@@H](c1ccc(F)cc1)c1ccccn1. The topological polar surface area (TPSA) is 51.2 Å². The standard InChI is InChI=1S/C20H23FN2O2/c21-17-9-7-16(8-10-17)20(18-5-1-2-12-22-18)23-19(24)11-6-15-4-3-13-25-14-15/h1-2,5,7-10,12,15,20H,3-4,6,11,13-14H2,(H,23,24)/t15-,20+/m1/s1. The molecule has 0 unspecified atom stereocenters. The number of hydrogen-bond acceptors (Lipinski definition) is 3. The third-order valence-corrected chi connectivity index (χ3v) is 4.53. The van der Waals surface area contributed by atoms with Gasteiger partial charge < -0.3 is 10.1 Å². The number of halogens is 1. The van der Waals surface area contributed by atoms with Crippen LogP contribution in [0, 0.1) is 11.7 Å². The van der Waals surface area contributed by atoms with Gasteiger partial charge in [-0.05, 0) is 55.0 Å². The monoisotopic (exact) mass is 342 g/mol. The zero-order valence-corrected chi connectivity index (χ0v) is 14.2. The number of rotatable bonds is 6. The lowest BCUT2D eigenvalue weighted by atomic mass is 9.96. The van der Waals surface area contributed by atoms with Crippen LogP contribution < -0.4 is 5.32 Å². The second-order valence-corrected chi connectivity index (χ2v) is 6.43. The number of amides is 1. The van der Waals surface area contributed by atoms with E-state index in [0.717, 1.165) is 43.7 Å². The van der Waals surface area contributed by atoms with Crippen LogP contribution in [-0.2, 0) is 9.53 Å². The quantitative estimate of drug-likeness (QED) is 0.872. The molecule has 1 fully saturated rings. The molecular formula is C20H23FN2O2. The van der Waals surface area contributed by atoms with Crippen LogP contribution in [0.1, 0.15) is 43.0 Å². The van der Waals surface area contributed by atoms with Crippen LogP contribution in [0.3, 0.4) is 0 Å². The minimum Gasteiger partial charge on any atom is -0.381 e. The molecule has 1 aromatic heterocycles. The van der Waals surface area contributed by atoms with Gasteiger partial charge in [0.2, 0.25) is 5.91 Å². The lowest BCUT2D eigenvalue weighted by Gasteiger charge is -2.23. The van der Waals surface area contributed by atoms with Crippen molar-refractivity contribution in [2.24, 2.45) is 5.92 Å². The van der Waals surface area contributed by atoms with Crippen molar-refractivity contribution in [1.29, 1.82) is 0 Å². The highest BCUT2D eigenvalue weighted by Gasteiger charge is 2.20. The molecule has 1 N–H and O–H groups in total. The first-order valence-corrected chi connectivity index (χ1v) is 8.76. The number of nitrogens with one attached hydrogen (secondary N) is 1. The normalized spacial score (nSPS) is 18.5. The summed E-state index contributed by atoms with van der Waals surface area (Å²) in [5, 5.41) is 3.04. The van der Waals surface area contributed by atoms with Gasteiger partial charge in [0, 0.05) is 25.8 Å². The predicted molar refractivity (Wildman–Crippen MR) is 93.4 cm³/mol. The summed E-state index contributed by atoms with van der Waals surface area (Å²) in [7, 11) is 0. The van der Waals surface area contributed by atoms with Crippen molar-refractivity contribution in [1.82, 2.24) is 10.3 Å². The number of hydrogen-bond donors (Lipinski definition) is 1. The highest BCUT2D eigenvalue weighted by molar-refractivity contribution is 5.76. The molecule has 0 aliphatic carbocycles. The lowest BCUT2D eigenvalue weighted by molar-refractivity contribution is -0.122. The molecular weight excluding hydrogens is 319 g/mol. The highest BCUT2D eigenvalue weighted by Crippen LogP contribution is 2.22. The first kappa shape index (κ1) is 17.5. The van der Waals surface area contributed by atoms with Crippen molar-refractivity contribution in [3.05, 3.63) is 65.7 Å². The van der Waals surface area contributed by atoms with Gasteiger partial charge in [0.05, 0.1) is 11.7 Å². The first-order valence-electron chi connectivity index (χ1n) is 8.76. The number of pyridine rings is 1. The van der Waals surface area contributed by atoms with Gasteiger partial charge in [-0.3, -0.25) is 9.78 Å². The highest BCUT2D eigenvalue weighted by atomic mass is 19.1. The summed E-state index contributed by atoms with van der Waals surface area (Å²) in [4.78, 5) is 16.8. The predicted octanol–water partition coefficient (Wildman–Crippen LogP) is 3.63. The average Bonchev–Trinajstić information content (AvgIpc) is 2.67. The molecule has 1 aliphatic heterocycles. The molecule has 1 amide bonds. The van der Waals surface area contributed by atoms with Crippen molar-refractivity contribution in [3.8, 4) is 0 Å². The van der Waals surface area contributed by atoms with Gasteiger partial charge in [0.25, 0.3) is 0 Å². The Hall–Kier alpha value is -2.27. The van der Waals surface area contributed by atoms with Gasteiger partial charge in [-0.1, -0.05) is 18.2 Å². The molecule has 2 atom stereocenters. The second kappa shape index (κ2) is 8.72. The van der Waals surface area contributed by atoms with Gasteiger partial charge in [-0.2, -0.15) is 0 Å². The fraction of sp³-hybridized carbons (Fsp3) is 0.400. The average molecular weight is 342 g/mol. The summed E-state index contributed by atoms with van der Waals surface area (Å²) in [5.41, 5.74) is 1.55. The van der Waals surface area contributed by atoms with Crippen LogP contribution in [0.15, 0.2) is 48.7 Å². The van der Waals surface area contributed by atoms with Crippen molar-refractivity contribution in [2.45, 2.75) is 31.7 Å². The molecule has 2 aromatic rings. The van der Waals surface area contributed by atoms with Crippen LogP contribution in [0.5, 0.6) is 0 Å². The molecule has 132 valence electrons. The number of nitrogens with zero attached hydrogens (tertiary/aromatic N) is 1. The fourth-order valence-electron chi connectivity index (χ4n) is 3.13. The molecule has 0 spiro atoms. The van der Waals surface area contributed by atoms with E-state index in [1.807, 2.05) is 18.2 Å². The van der Waals surface area contributed by atoms with E-state index in [9.17, 15) is 9.18 Å². The van der Waals surface area contributed by atoms with Gasteiger partial charge in [-0.25, -0.2) is 4.39 Å². The number of ether oxygens (including phenoxy) is 1. The van der Waals surface area contributed by atoms with Crippen LogP contribution in [0.25, 0.3) is 0 Å². The van der Waals surface area contributed by atoms with E-state index >= 15 is 0 Å². The van der Waals surface area contributed by atoms with Crippen molar-refractivity contribution >= 4 is 5.91 Å². The Kier molecular flexibility index (Phi) is 6.12. The number of benzene rings is 1. The first-order chi connectivity index (χ1) is 12.2. The lowest BCUT2D eigenvalue weighted by Crippen LogP contribution is -2.30. The Bertz CT molecular complexity index is 670. The summed E-state index contributed by atoms with van der Waals surface area (Å²) in [5.74, 6) is 0.135. The van der Waals surface area contributed by atoms with Crippen LogP contribution in [0.2, 0.25) is 0 Å². The Labute approximate surface area is 147 Å². The van der Waals surface area contributed by atoms with Crippen LogP contribution >= 0.6 is 0 Å². The third-order valence-electron chi connectivity index (χ3n) is 4.53. The molecule has 0 saturated carbocycles. The van der Waals surface area contributed by atoms with Crippen molar-refractivity contribution in [2.75, 3.05) is 13.2 Å². The molecule has 4 nitrogen and oxygen atoms in total. The van der Waals surface area contributed by atoms with E-state index in [2.05, 4.69) is 10.3 Å². The summed E-state index contributed by atoms with van der Waals surface area (Å²) in [6, 6.07) is 11.4. The molecule has 3 rings (SSSR count). The zero-order chi connectivity index (χ0) is 17.5. The van der Waals surface area contributed by atoms with Gasteiger partial charge >= 0.3 is 0 Å². The maximum atomic E-state index is 13.2. The molecule has 0 bridgehead atoms. The Morgan fingerprint density at radius 2 is 2.12 bits per heavy atom. The number of aromatic nitrogens is 1. The van der Waals surface area contributed by atoms with E-state index in [0.29, 0.717) is 12.3 Å².